The van der Waals surface area contributed by atoms with Gasteiger partial charge in [0, 0.05) is 43.1 Å². The van der Waals surface area contributed by atoms with Gasteiger partial charge in [0.2, 0.25) is 5.95 Å². The molecule has 3 aromatic rings. The number of anilines is 2. The maximum absolute atomic E-state index is 5.96. The van der Waals surface area contributed by atoms with Crippen LogP contribution in [-0.4, -0.2) is 36.1 Å². The number of nitrogens with zero attached hydrogens (tertiary/aromatic N) is 3. The number of fused-ring (bicyclic) bond motifs is 1. The van der Waals surface area contributed by atoms with Crippen molar-refractivity contribution < 1.29 is 0 Å². The van der Waals surface area contributed by atoms with E-state index in [1.165, 1.54) is 5.56 Å². The molecule has 5 nitrogen and oxygen atoms in total. The number of aromatic nitrogens is 2. The molecule has 1 aliphatic rings. The summed E-state index contributed by atoms with van der Waals surface area (Å²) in [4.78, 5) is 11.6. The molecule has 0 aliphatic heterocycles. The molecule has 29 heavy (non-hydrogen) atoms. The lowest BCUT2D eigenvalue weighted by molar-refractivity contribution is 0.352. The molecule has 0 unspecified atom stereocenters. The molecule has 1 fully saturated rings. The van der Waals surface area contributed by atoms with E-state index in [1.807, 2.05) is 49.3 Å². The van der Waals surface area contributed by atoms with Crippen LogP contribution in [0, 0.1) is 0 Å². The Bertz CT molecular complexity index is 949. The summed E-state index contributed by atoms with van der Waals surface area (Å²) in [6, 6.07) is 17.2. The summed E-state index contributed by atoms with van der Waals surface area (Å²) in [5.74, 6) is 1.68. The van der Waals surface area contributed by atoms with Crippen molar-refractivity contribution in [2.75, 3.05) is 24.3 Å². The number of benzene rings is 2. The molecule has 1 aliphatic carbocycles. The Balaban J connectivity index is 1.34. The van der Waals surface area contributed by atoms with Crippen LogP contribution in [0.2, 0.25) is 5.02 Å². The minimum Gasteiger partial charge on any atom is -0.362 e. The molecule has 0 spiro atoms. The second-order valence-electron chi connectivity index (χ2n) is 7.98. The van der Waals surface area contributed by atoms with Gasteiger partial charge in [0.1, 0.15) is 5.82 Å². The molecule has 0 saturated heterocycles. The lowest BCUT2D eigenvalue weighted by Crippen LogP contribution is -2.37. The van der Waals surface area contributed by atoms with Crippen LogP contribution in [0.1, 0.15) is 31.2 Å². The average Bonchev–Trinajstić information content (AvgIpc) is 2.74. The van der Waals surface area contributed by atoms with E-state index in [0.29, 0.717) is 12.1 Å². The van der Waals surface area contributed by atoms with Crippen LogP contribution >= 0.6 is 11.6 Å². The van der Waals surface area contributed by atoms with Crippen LogP contribution in [-0.2, 0) is 6.54 Å². The molecule has 2 N–H and O–H groups in total. The van der Waals surface area contributed by atoms with Gasteiger partial charge in [-0.05, 0) is 55.5 Å². The summed E-state index contributed by atoms with van der Waals surface area (Å²) in [5.41, 5.74) is 2.25. The Labute approximate surface area is 177 Å². The van der Waals surface area contributed by atoms with Crippen molar-refractivity contribution in [1.82, 2.24) is 15.3 Å². The lowest BCUT2D eigenvalue weighted by atomic mass is 9.91. The van der Waals surface area contributed by atoms with Crippen molar-refractivity contribution in [3.8, 4) is 0 Å². The second kappa shape index (κ2) is 8.97. The molecule has 0 radical (unpaired) electrons. The van der Waals surface area contributed by atoms with Crippen LogP contribution in [0.15, 0.2) is 48.5 Å². The molecule has 1 heterocycles. The van der Waals surface area contributed by atoms with Gasteiger partial charge in [0.15, 0.2) is 0 Å². The zero-order chi connectivity index (χ0) is 20.2. The summed E-state index contributed by atoms with van der Waals surface area (Å²) in [6.07, 6.45) is 4.54. The fourth-order valence-corrected chi connectivity index (χ4v) is 4.08. The molecule has 0 atom stereocenters. The molecule has 4 rings (SSSR count). The van der Waals surface area contributed by atoms with E-state index in [4.69, 9.17) is 21.6 Å². The van der Waals surface area contributed by atoms with Gasteiger partial charge in [-0.3, -0.25) is 0 Å². The van der Waals surface area contributed by atoms with E-state index in [-0.39, 0.29) is 0 Å². The van der Waals surface area contributed by atoms with Gasteiger partial charge in [-0.2, -0.15) is 4.98 Å². The van der Waals surface area contributed by atoms with E-state index in [9.17, 15) is 0 Å². The quantitative estimate of drug-likeness (QED) is 0.608. The Hall–Kier alpha value is -2.37. The summed E-state index contributed by atoms with van der Waals surface area (Å²) < 4.78 is 0. The van der Waals surface area contributed by atoms with Crippen molar-refractivity contribution in [1.29, 1.82) is 0 Å². The molecule has 0 bridgehead atoms. The predicted octanol–water partition coefficient (Wildman–Crippen LogP) is 4.86. The number of halogens is 1. The fraction of sp³-hybridized carbons (Fsp3) is 0.391. The summed E-state index contributed by atoms with van der Waals surface area (Å²) in [5, 5.41) is 9.13. The van der Waals surface area contributed by atoms with Crippen LogP contribution in [0.5, 0.6) is 0 Å². The summed E-state index contributed by atoms with van der Waals surface area (Å²) in [6.45, 7) is 0.889. The van der Waals surface area contributed by atoms with Gasteiger partial charge in [0.25, 0.3) is 0 Å². The van der Waals surface area contributed by atoms with E-state index < -0.39 is 0 Å². The maximum Gasteiger partial charge on any atom is 0.225 e. The monoisotopic (exact) mass is 409 g/mol. The predicted molar refractivity (Wildman–Crippen MR) is 122 cm³/mol. The normalized spacial score (nSPS) is 19.3. The first-order valence-electron chi connectivity index (χ1n) is 10.3. The first-order valence-corrected chi connectivity index (χ1v) is 10.6. The lowest BCUT2D eigenvalue weighted by Gasteiger charge is -2.30. The Morgan fingerprint density at radius 2 is 1.62 bits per heavy atom. The highest BCUT2D eigenvalue weighted by Gasteiger charge is 2.22. The van der Waals surface area contributed by atoms with Gasteiger partial charge in [-0.25, -0.2) is 4.98 Å². The van der Waals surface area contributed by atoms with Gasteiger partial charge in [-0.15, -0.1) is 0 Å². The highest BCUT2D eigenvalue weighted by Crippen LogP contribution is 2.26. The third kappa shape index (κ3) is 4.98. The van der Waals surface area contributed by atoms with Crippen LogP contribution in [0.4, 0.5) is 11.8 Å². The summed E-state index contributed by atoms with van der Waals surface area (Å²) >= 11 is 5.96. The first kappa shape index (κ1) is 19.9. The Morgan fingerprint density at radius 1 is 0.931 bits per heavy atom. The topological polar surface area (TPSA) is 53.1 Å². The Kier molecular flexibility index (Phi) is 6.16. The standard InChI is InChI=1S/C23H28ClN5/c1-29(2)22-20-5-3-4-6-21(20)27-23(28-22)26-19-13-11-18(12-14-19)25-15-16-7-9-17(24)10-8-16/h3-10,18-19,25H,11-15H2,1-2H3,(H,26,27,28)/t18-,19+. The number of rotatable bonds is 6. The molecule has 1 aromatic heterocycles. The number of hydrogen-bond donors (Lipinski definition) is 2. The van der Waals surface area contributed by atoms with Crippen molar-refractivity contribution >= 4 is 34.3 Å². The highest BCUT2D eigenvalue weighted by atomic mass is 35.5. The second-order valence-corrected chi connectivity index (χ2v) is 8.42. The molecular weight excluding hydrogens is 382 g/mol. The summed E-state index contributed by atoms with van der Waals surface area (Å²) in [7, 11) is 4.05. The van der Waals surface area contributed by atoms with E-state index in [1.54, 1.807) is 0 Å². The number of nitrogens with one attached hydrogen (secondary N) is 2. The molecule has 2 aromatic carbocycles. The van der Waals surface area contributed by atoms with Crippen LogP contribution in [0.3, 0.4) is 0 Å². The SMILES string of the molecule is CN(C)c1nc(N[C@H]2CC[C@@H](NCc3ccc(Cl)cc3)CC2)nc2ccccc12. The van der Waals surface area contributed by atoms with Gasteiger partial charge < -0.3 is 15.5 Å². The van der Waals surface area contributed by atoms with E-state index in [0.717, 1.165) is 59.9 Å². The minimum atomic E-state index is 0.416. The Morgan fingerprint density at radius 3 is 2.34 bits per heavy atom. The van der Waals surface area contributed by atoms with Crippen LogP contribution < -0.4 is 15.5 Å². The van der Waals surface area contributed by atoms with Crippen molar-refractivity contribution in [3.63, 3.8) is 0 Å². The average molecular weight is 410 g/mol. The van der Waals surface area contributed by atoms with E-state index in [2.05, 4.69) is 28.8 Å². The van der Waals surface area contributed by atoms with E-state index >= 15 is 0 Å². The van der Waals surface area contributed by atoms with Gasteiger partial charge >= 0.3 is 0 Å². The van der Waals surface area contributed by atoms with Crippen LogP contribution in [0.25, 0.3) is 10.9 Å². The third-order valence-corrected chi connectivity index (χ3v) is 5.83. The minimum absolute atomic E-state index is 0.416. The largest absolute Gasteiger partial charge is 0.362 e. The molecule has 6 heteroatoms. The van der Waals surface area contributed by atoms with Crippen molar-refractivity contribution in [2.45, 2.75) is 44.3 Å². The first-order chi connectivity index (χ1) is 14.1. The van der Waals surface area contributed by atoms with Gasteiger partial charge in [-0.1, -0.05) is 35.9 Å². The van der Waals surface area contributed by atoms with Crippen molar-refractivity contribution in [2.24, 2.45) is 0 Å². The zero-order valence-electron chi connectivity index (χ0n) is 17.0. The smallest absolute Gasteiger partial charge is 0.225 e. The molecular formula is C23H28ClN5. The highest BCUT2D eigenvalue weighted by molar-refractivity contribution is 6.30. The van der Waals surface area contributed by atoms with Crippen molar-refractivity contribution in [3.05, 3.63) is 59.1 Å². The molecule has 1 saturated carbocycles. The molecule has 0 amide bonds. The molecule has 152 valence electrons. The third-order valence-electron chi connectivity index (χ3n) is 5.58. The zero-order valence-corrected chi connectivity index (χ0v) is 17.8. The van der Waals surface area contributed by atoms with Gasteiger partial charge in [0.05, 0.1) is 5.52 Å². The number of hydrogen-bond acceptors (Lipinski definition) is 5. The maximum atomic E-state index is 5.96. The number of para-hydroxylation sites is 1. The fourth-order valence-electron chi connectivity index (χ4n) is 3.95.